The number of aromatic nitrogens is 1. The number of hydrogen-bond donors (Lipinski definition) is 1. The van der Waals surface area contributed by atoms with Crippen molar-refractivity contribution in [1.82, 2.24) is 10.3 Å². The molecule has 0 saturated carbocycles. The molecule has 1 heterocycles. The number of nitrogens with one attached hydrogen (secondary N) is 1. The SMILES string of the molecule is CCCCNC(=O)CCc1ccc2oc(C)nc2c1. The summed E-state index contributed by atoms with van der Waals surface area (Å²) in [6.07, 6.45) is 3.39. The summed E-state index contributed by atoms with van der Waals surface area (Å²) in [4.78, 5) is 15.9. The Kier molecular flexibility index (Phi) is 4.55. The van der Waals surface area contributed by atoms with Gasteiger partial charge in [0.25, 0.3) is 0 Å². The summed E-state index contributed by atoms with van der Waals surface area (Å²) in [5.74, 6) is 0.786. The van der Waals surface area contributed by atoms with Gasteiger partial charge in [-0.25, -0.2) is 4.98 Å². The van der Waals surface area contributed by atoms with Crippen molar-refractivity contribution in [2.24, 2.45) is 0 Å². The van der Waals surface area contributed by atoms with E-state index in [1.807, 2.05) is 25.1 Å². The van der Waals surface area contributed by atoms with Crippen LogP contribution < -0.4 is 5.32 Å². The van der Waals surface area contributed by atoms with Crippen LogP contribution in [0.2, 0.25) is 0 Å². The number of amides is 1. The Morgan fingerprint density at radius 2 is 2.26 bits per heavy atom. The monoisotopic (exact) mass is 260 g/mol. The number of hydrogen-bond acceptors (Lipinski definition) is 3. The fourth-order valence-corrected chi connectivity index (χ4v) is 1.99. The van der Waals surface area contributed by atoms with Crippen molar-refractivity contribution < 1.29 is 9.21 Å². The first kappa shape index (κ1) is 13.6. The highest BCUT2D eigenvalue weighted by molar-refractivity contribution is 5.77. The summed E-state index contributed by atoms with van der Waals surface area (Å²) in [5.41, 5.74) is 2.78. The fourth-order valence-electron chi connectivity index (χ4n) is 1.99. The minimum atomic E-state index is 0.116. The Bertz CT molecular complexity index is 560. The van der Waals surface area contributed by atoms with E-state index in [0.29, 0.717) is 12.3 Å². The van der Waals surface area contributed by atoms with Crippen LogP contribution >= 0.6 is 0 Å². The number of benzene rings is 1. The summed E-state index contributed by atoms with van der Waals surface area (Å²) in [6.45, 7) is 4.72. The molecule has 4 heteroatoms. The van der Waals surface area contributed by atoms with Crippen LogP contribution in [-0.2, 0) is 11.2 Å². The predicted octanol–water partition coefficient (Wildman–Crippen LogP) is 2.99. The van der Waals surface area contributed by atoms with Gasteiger partial charge in [0.05, 0.1) is 0 Å². The van der Waals surface area contributed by atoms with E-state index in [-0.39, 0.29) is 5.91 Å². The molecule has 2 rings (SSSR count). The maximum absolute atomic E-state index is 11.6. The van der Waals surface area contributed by atoms with Gasteiger partial charge in [-0.2, -0.15) is 0 Å². The van der Waals surface area contributed by atoms with E-state index in [2.05, 4.69) is 17.2 Å². The first-order chi connectivity index (χ1) is 9.19. The summed E-state index contributed by atoms with van der Waals surface area (Å²) >= 11 is 0. The van der Waals surface area contributed by atoms with Gasteiger partial charge >= 0.3 is 0 Å². The minimum Gasteiger partial charge on any atom is -0.441 e. The molecule has 102 valence electrons. The van der Waals surface area contributed by atoms with Crippen molar-refractivity contribution in [3.63, 3.8) is 0 Å². The lowest BCUT2D eigenvalue weighted by Crippen LogP contribution is -2.24. The second kappa shape index (κ2) is 6.36. The highest BCUT2D eigenvalue weighted by atomic mass is 16.3. The largest absolute Gasteiger partial charge is 0.441 e. The number of carbonyl (C=O) groups is 1. The number of fused-ring (bicyclic) bond motifs is 1. The second-order valence-electron chi connectivity index (χ2n) is 4.74. The Balaban J connectivity index is 1.88. The first-order valence-corrected chi connectivity index (χ1v) is 6.82. The zero-order chi connectivity index (χ0) is 13.7. The van der Waals surface area contributed by atoms with Crippen LogP contribution in [0.4, 0.5) is 0 Å². The van der Waals surface area contributed by atoms with Crippen molar-refractivity contribution in [3.05, 3.63) is 29.7 Å². The van der Waals surface area contributed by atoms with E-state index in [1.54, 1.807) is 0 Å². The van der Waals surface area contributed by atoms with Gasteiger partial charge in [0, 0.05) is 19.9 Å². The van der Waals surface area contributed by atoms with Crippen molar-refractivity contribution in [3.8, 4) is 0 Å². The Morgan fingerprint density at radius 3 is 3.05 bits per heavy atom. The summed E-state index contributed by atoms with van der Waals surface area (Å²) in [7, 11) is 0. The molecule has 0 unspecified atom stereocenters. The van der Waals surface area contributed by atoms with Crippen LogP contribution in [0.1, 0.15) is 37.6 Å². The number of oxazole rings is 1. The third-order valence-corrected chi connectivity index (χ3v) is 3.05. The maximum atomic E-state index is 11.6. The molecule has 0 radical (unpaired) electrons. The molecule has 1 aromatic heterocycles. The van der Waals surface area contributed by atoms with E-state index in [0.717, 1.165) is 42.5 Å². The highest BCUT2D eigenvalue weighted by Gasteiger charge is 2.05. The number of aryl methyl sites for hydroxylation is 2. The van der Waals surface area contributed by atoms with Gasteiger partial charge < -0.3 is 9.73 Å². The molecule has 0 spiro atoms. The van der Waals surface area contributed by atoms with E-state index in [1.165, 1.54) is 0 Å². The summed E-state index contributed by atoms with van der Waals surface area (Å²) in [5, 5.41) is 2.92. The van der Waals surface area contributed by atoms with Crippen molar-refractivity contribution in [2.75, 3.05) is 6.54 Å². The smallest absolute Gasteiger partial charge is 0.220 e. The first-order valence-electron chi connectivity index (χ1n) is 6.82. The average Bonchev–Trinajstić information content (AvgIpc) is 2.76. The standard InChI is InChI=1S/C15H20N2O2/c1-3-4-9-16-15(18)8-6-12-5-7-14-13(10-12)17-11(2)19-14/h5,7,10H,3-4,6,8-9H2,1-2H3,(H,16,18). The number of rotatable bonds is 6. The third kappa shape index (κ3) is 3.81. The van der Waals surface area contributed by atoms with Gasteiger partial charge in [0.15, 0.2) is 11.5 Å². The van der Waals surface area contributed by atoms with Crippen LogP contribution in [0.3, 0.4) is 0 Å². The fraction of sp³-hybridized carbons (Fsp3) is 0.467. The summed E-state index contributed by atoms with van der Waals surface area (Å²) in [6, 6.07) is 5.90. The molecule has 0 aliphatic heterocycles. The molecule has 0 fully saturated rings. The van der Waals surface area contributed by atoms with Crippen LogP contribution in [0.15, 0.2) is 22.6 Å². The second-order valence-corrected chi connectivity index (χ2v) is 4.74. The molecule has 19 heavy (non-hydrogen) atoms. The van der Waals surface area contributed by atoms with Crippen LogP contribution in [0.25, 0.3) is 11.1 Å². The number of nitrogens with zero attached hydrogens (tertiary/aromatic N) is 1. The molecule has 0 atom stereocenters. The average molecular weight is 260 g/mol. The van der Waals surface area contributed by atoms with Crippen molar-refractivity contribution >= 4 is 17.0 Å². The Morgan fingerprint density at radius 1 is 1.42 bits per heavy atom. The van der Waals surface area contributed by atoms with Gasteiger partial charge in [-0.1, -0.05) is 19.4 Å². The summed E-state index contributed by atoms with van der Waals surface area (Å²) < 4.78 is 5.42. The number of unbranched alkanes of at least 4 members (excludes halogenated alkanes) is 1. The van der Waals surface area contributed by atoms with Crippen molar-refractivity contribution in [2.45, 2.75) is 39.5 Å². The van der Waals surface area contributed by atoms with Gasteiger partial charge in [-0.3, -0.25) is 4.79 Å². The molecule has 2 aromatic rings. The van der Waals surface area contributed by atoms with E-state index < -0.39 is 0 Å². The maximum Gasteiger partial charge on any atom is 0.220 e. The molecule has 1 N–H and O–H groups in total. The van der Waals surface area contributed by atoms with Gasteiger partial charge in [-0.15, -0.1) is 0 Å². The quantitative estimate of drug-likeness (QED) is 0.812. The highest BCUT2D eigenvalue weighted by Crippen LogP contribution is 2.17. The lowest BCUT2D eigenvalue weighted by atomic mass is 10.1. The topological polar surface area (TPSA) is 55.1 Å². The molecule has 1 aromatic carbocycles. The van der Waals surface area contributed by atoms with E-state index in [9.17, 15) is 4.79 Å². The predicted molar refractivity (Wildman–Crippen MR) is 75.0 cm³/mol. The Hall–Kier alpha value is -1.84. The lowest BCUT2D eigenvalue weighted by Gasteiger charge is -2.04. The lowest BCUT2D eigenvalue weighted by molar-refractivity contribution is -0.121. The van der Waals surface area contributed by atoms with Crippen LogP contribution in [-0.4, -0.2) is 17.4 Å². The zero-order valence-corrected chi connectivity index (χ0v) is 11.5. The van der Waals surface area contributed by atoms with Crippen LogP contribution in [0, 0.1) is 6.92 Å². The zero-order valence-electron chi connectivity index (χ0n) is 11.5. The van der Waals surface area contributed by atoms with E-state index >= 15 is 0 Å². The normalized spacial score (nSPS) is 10.8. The molecule has 0 saturated heterocycles. The molecule has 0 bridgehead atoms. The molecule has 1 amide bonds. The molecule has 0 aliphatic rings. The van der Waals surface area contributed by atoms with Gasteiger partial charge in [0.2, 0.25) is 5.91 Å². The molecular formula is C15H20N2O2. The molecule has 0 aliphatic carbocycles. The van der Waals surface area contributed by atoms with Gasteiger partial charge in [-0.05, 0) is 30.5 Å². The minimum absolute atomic E-state index is 0.116. The van der Waals surface area contributed by atoms with Crippen molar-refractivity contribution in [1.29, 1.82) is 0 Å². The van der Waals surface area contributed by atoms with Crippen LogP contribution in [0.5, 0.6) is 0 Å². The number of carbonyl (C=O) groups excluding carboxylic acids is 1. The molecule has 4 nitrogen and oxygen atoms in total. The third-order valence-electron chi connectivity index (χ3n) is 3.05. The van der Waals surface area contributed by atoms with Gasteiger partial charge in [0.1, 0.15) is 5.52 Å². The molecular weight excluding hydrogens is 240 g/mol. The van der Waals surface area contributed by atoms with E-state index in [4.69, 9.17) is 4.42 Å². The Labute approximate surface area is 113 Å².